The van der Waals surface area contributed by atoms with Crippen molar-refractivity contribution in [2.45, 2.75) is 5.92 Å². The average molecular weight is 147 g/mol. The number of rotatable bonds is 3. The predicted octanol–water partition coefficient (Wildman–Crippen LogP) is 1.33. The van der Waals surface area contributed by atoms with Crippen LogP contribution in [0.1, 0.15) is 11.6 Å². The highest BCUT2D eigenvalue weighted by Crippen LogP contribution is 2.12. The van der Waals surface area contributed by atoms with Crippen LogP contribution < -0.4 is 0 Å². The van der Waals surface area contributed by atoms with Crippen molar-refractivity contribution < 1.29 is 0 Å². The third-order valence-corrected chi connectivity index (χ3v) is 1.37. The molecule has 1 heterocycles. The van der Waals surface area contributed by atoms with Crippen molar-refractivity contribution in [2.75, 3.05) is 0 Å². The van der Waals surface area contributed by atoms with E-state index in [0.717, 1.165) is 5.69 Å². The van der Waals surface area contributed by atoms with E-state index < -0.39 is 0 Å². The molecule has 0 radical (unpaired) electrons. The molecule has 0 saturated heterocycles. The van der Waals surface area contributed by atoms with E-state index in [4.69, 9.17) is 0 Å². The van der Waals surface area contributed by atoms with Crippen molar-refractivity contribution >= 4 is 0 Å². The van der Waals surface area contributed by atoms with E-state index in [9.17, 15) is 0 Å². The van der Waals surface area contributed by atoms with Gasteiger partial charge in [0.25, 0.3) is 0 Å². The first kappa shape index (κ1) is 7.60. The maximum absolute atomic E-state index is 3.82. The average Bonchev–Trinajstić information content (AvgIpc) is 2.09. The van der Waals surface area contributed by atoms with Crippen molar-refractivity contribution in [1.29, 1.82) is 0 Å². The molecule has 0 fully saturated rings. The summed E-state index contributed by atoms with van der Waals surface area (Å²) in [5.41, 5.74) is 0.824. The van der Waals surface area contributed by atoms with Gasteiger partial charge < -0.3 is 0 Å². The Morgan fingerprint density at radius 1 is 1.36 bits per heavy atom. The molecular weight excluding hydrogens is 138 g/mol. The topological polar surface area (TPSA) is 38.7 Å². The minimum Gasteiger partial charge on any atom is -0.139 e. The summed E-state index contributed by atoms with van der Waals surface area (Å²) in [7, 11) is 0. The summed E-state index contributed by atoms with van der Waals surface area (Å²) in [6.45, 7) is 7.30. The van der Waals surface area contributed by atoms with Crippen LogP contribution in [0.3, 0.4) is 0 Å². The summed E-state index contributed by atoms with van der Waals surface area (Å²) >= 11 is 0. The molecule has 1 aromatic heterocycles. The standard InChI is InChI=1S/C8H9N3/c1-3-7(4-2)8-5-6-9-11-10-8/h3-7H,1-2H2. The molecule has 0 spiro atoms. The maximum Gasteiger partial charge on any atom is 0.0771 e. The minimum atomic E-state index is 0.0745. The Morgan fingerprint density at radius 2 is 2.09 bits per heavy atom. The van der Waals surface area contributed by atoms with Crippen molar-refractivity contribution in [3.8, 4) is 0 Å². The molecule has 0 N–H and O–H groups in total. The second-order valence-corrected chi connectivity index (χ2v) is 2.04. The molecule has 0 aliphatic carbocycles. The molecule has 1 rings (SSSR count). The van der Waals surface area contributed by atoms with Gasteiger partial charge in [0.15, 0.2) is 0 Å². The van der Waals surface area contributed by atoms with Crippen molar-refractivity contribution in [3.05, 3.63) is 43.3 Å². The summed E-state index contributed by atoms with van der Waals surface area (Å²) < 4.78 is 0. The lowest BCUT2D eigenvalue weighted by Crippen LogP contribution is -1.97. The fourth-order valence-corrected chi connectivity index (χ4v) is 0.766. The number of nitrogens with zero attached hydrogens (tertiary/aromatic N) is 3. The summed E-state index contributed by atoms with van der Waals surface area (Å²) in [6.07, 6.45) is 5.12. The van der Waals surface area contributed by atoms with E-state index >= 15 is 0 Å². The number of hydrogen-bond acceptors (Lipinski definition) is 3. The fourth-order valence-electron chi connectivity index (χ4n) is 0.766. The largest absolute Gasteiger partial charge is 0.139 e. The molecule has 0 saturated carbocycles. The van der Waals surface area contributed by atoms with E-state index in [2.05, 4.69) is 28.6 Å². The van der Waals surface area contributed by atoms with Gasteiger partial charge in [-0.1, -0.05) is 12.2 Å². The summed E-state index contributed by atoms with van der Waals surface area (Å²) in [5, 5.41) is 10.9. The first-order chi connectivity index (χ1) is 5.38. The third kappa shape index (κ3) is 1.70. The SMILES string of the molecule is C=CC(C=C)c1ccnnn1. The van der Waals surface area contributed by atoms with Gasteiger partial charge in [-0.05, 0) is 11.3 Å². The van der Waals surface area contributed by atoms with Crippen LogP contribution in [0.25, 0.3) is 0 Å². The summed E-state index contributed by atoms with van der Waals surface area (Å²) in [6, 6.07) is 1.79. The third-order valence-electron chi connectivity index (χ3n) is 1.37. The van der Waals surface area contributed by atoms with Crippen molar-refractivity contribution in [1.82, 2.24) is 15.4 Å². The molecule has 0 aliphatic heterocycles. The van der Waals surface area contributed by atoms with Crippen LogP contribution in [0.5, 0.6) is 0 Å². The Bertz CT molecular complexity index is 235. The summed E-state index contributed by atoms with van der Waals surface area (Å²) in [4.78, 5) is 0. The van der Waals surface area contributed by atoms with Gasteiger partial charge in [0, 0.05) is 5.92 Å². The van der Waals surface area contributed by atoms with Crippen LogP contribution in [0.2, 0.25) is 0 Å². The van der Waals surface area contributed by atoms with E-state index in [0.29, 0.717) is 0 Å². The zero-order valence-corrected chi connectivity index (χ0v) is 6.14. The van der Waals surface area contributed by atoms with E-state index in [1.807, 2.05) is 0 Å². The molecule has 3 nitrogen and oxygen atoms in total. The lowest BCUT2D eigenvalue weighted by Gasteiger charge is -2.02. The number of aromatic nitrogens is 3. The Labute approximate surface area is 65.5 Å². The van der Waals surface area contributed by atoms with E-state index in [-0.39, 0.29) is 5.92 Å². The first-order valence-electron chi connectivity index (χ1n) is 3.28. The highest BCUT2D eigenvalue weighted by molar-refractivity contribution is 5.17. The van der Waals surface area contributed by atoms with Gasteiger partial charge in [-0.15, -0.1) is 23.4 Å². The second kappa shape index (κ2) is 3.61. The minimum absolute atomic E-state index is 0.0745. The highest BCUT2D eigenvalue weighted by atomic mass is 15.3. The molecule has 0 amide bonds. The predicted molar refractivity (Wildman–Crippen MR) is 43.0 cm³/mol. The molecule has 0 aliphatic rings. The van der Waals surface area contributed by atoms with Gasteiger partial charge in [0.1, 0.15) is 0 Å². The quantitative estimate of drug-likeness (QED) is 0.605. The molecule has 3 heteroatoms. The molecule has 11 heavy (non-hydrogen) atoms. The Morgan fingerprint density at radius 3 is 2.55 bits per heavy atom. The second-order valence-electron chi connectivity index (χ2n) is 2.04. The van der Waals surface area contributed by atoms with Crippen LogP contribution in [0, 0.1) is 0 Å². The van der Waals surface area contributed by atoms with Crippen LogP contribution in [-0.4, -0.2) is 15.4 Å². The number of allylic oxidation sites excluding steroid dienone is 2. The maximum atomic E-state index is 3.82. The number of hydrogen-bond donors (Lipinski definition) is 0. The normalized spacial score (nSPS) is 9.55. The summed E-state index contributed by atoms with van der Waals surface area (Å²) in [5.74, 6) is 0.0745. The van der Waals surface area contributed by atoms with Crippen LogP contribution in [0.4, 0.5) is 0 Å². The molecular formula is C8H9N3. The van der Waals surface area contributed by atoms with Crippen molar-refractivity contribution in [2.24, 2.45) is 0 Å². The lowest BCUT2D eigenvalue weighted by molar-refractivity contribution is 0.803. The molecule has 0 bridgehead atoms. The van der Waals surface area contributed by atoms with Crippen molar-refractivity contribution in [3.63, 3.8) is 0 Å². The van der Waals surface area contributed by atoms with Crippen LogP contribution in [0.15, 0.2) is 37.6 Å². The fraction of sp³-hybridized carbons (Fsp3) is 0.125. The highest BCUT2D eigenvalue weighted by Gasteiger charge is 2.02. The molecule has 56 valence electrons. The Kier molecular flexibility index (Phi) is 2.49. The lowest BCUT2D eigenvalue weighted by atomic mass is 10.1. The van der Waals surface area contributed by atoms with Gasteiger partial charge in [0.2, 0.25) is 0 Å². The van der Waals surface area contributed by atoms with Crippen LogP contribution >= 0.6 is 0 Å². The smallest absolute Gasteiger partial charge is 0.0771 e. The first-order valence-corrected chi connectivity index (χ1v) is 3.28. The van der Waals surface area contributed by atoms with Gasteiger partial charge in [-0.25, -0.2) is 0 Å². The Balaban J connectivity index is 2.90. The van der Waals surface area contributed by atoms with Crippen LogP contribution in [-0.2, 0) is 0 Å². The van der Waals surface area contributed by atoms with Gasteiger partial charge in [-0.3, -0.25) is 0 Å². The van der Waals surface area contributed by atoms with Gasteiger partial charge in [-0.2, -0.15) is 0 Å². The van der Waals surface area contributed by atoms with Gasteiger partial charge >= 0.3 is 0 Å². The molecule has 0 aromatic carbocycles. The van der Waals surface area contributed by atoms with E-state index in [1.165, 1.54) is 0 Å². The molecule has 1 aromatic rings. The molecule has 0 unspecified atom stereocenters. The van der Waals surface area contributed by atoms with Gasteiger partial charge in [0.05, 0.1) is 11.9 Å². The van der Waals surface area contributed by atoms with E-state index in [1.54, 1.807) is 24.4 Å². The monoisotopic (exact) mass is 147 g/mol. The zero-order valence-electron chi connectivity index (χ0n) is 6.14. The molecule has 0 atom stereocenters. The zero-order chi connectivity index (χ0) is 8.10. The Hall–Kier alpha value is -1.51.